The monoisotopic (exact) mass is 406 g/mol. The van der Waals surface area contributed by atoms with Crippen LogP contribution in [0.5, 0.6) is 23.1 Å². The highest BCUT2D eigenvalue weighted by Crippen LogP contribution is 2.36. The zero-order valence-electron chi connectivity index (χ0n) is 16.7. The molecule has 1 saturated carbocycles. The SMILES string of the molecule is O=C(Nc1cccc(Oc2ccccc2)c1)c1c(O)[nH]c(CC2CCCCC2)c1O. The van der Waals surface area contributed by atoms with Gasteiger partial charge >= 0.3 is 0 Å². The first-order valence-corrected chi connectivity index (χ1v) is 10.4. The average molecular weight is 406 g/mol. The Labute approximate surface area is 175 Å². The van der Waals surface area contributed by atoms with Gasteiger partial charge in [0.1, 0.15) is 17.1 Å². The molecule has 0 spiro atoms. The number of amides is 1. The number of hydrogen-bond donors (Lipinski definition) is 4. The average Bonchev–Trinajstić information content (AvgIpc) is 3.03. The summed E-state index contributed by atoms with van der Waals surface area (Å²) in [6.45, 7) is 0. The van der Waals surface area contributed by atoms with E-state index in [4.69, 9.17) is 4.74 Å². The molecule has 0 radical (unpaired) electrons. The van der Waals surface area contributed by atoms with Crippen LogP contribution in [0.25, 0.3) is 0 Å². The summed E-state index contributed by atoms with van der Waals surface area (Å²) in [5, 5.41) is 23.5. The fraction of sp³-hybridized carbons (Fsp3) is 0.292. The van der Waals surface area contributed by atoms with Gasteiger partial charge in [-0.3, -0.25) is 4.79 Å². The predicted molar refractivity (Wildman–Crippen MR) is 115 cm³/mol. The first kappa shape index (κ1) is 19.9. The van der Waals surface area contributed by atoms with Gasteiger partial charge in [-0.25, -0.2) is 0 Å². The van der Waals surface area contributed by atoms with Crippen LogP contribution in [-0.2, 0) is 6.42 Å². The Morgan fingerprint density at radius 1 is 1.00 bits per heavy atom. The third-order valence-electron chi connectivity index (χ3n) is 5.54. The Kier molecular flexibility index (Phi) is 5.93. The van der Waals surface area contributed by atoms with E-state index in [0.717, 1.165) is 12.8 Å². The number of anilines is 1. The molecule has 0 unspecified atom stereocenters. The fourth-order valence-electron chi connectivity index (χ4n) is 4.03. The summed E-state index contributed by atoms with van der Waals surface area (Å²) in [5.74, 6) is 0.659. The van der Waals surface area contributed by atoms with Crippen molar-refractivity contribution in [2.45, 2.75) is 38.5 Å². The molecule has 6 heteroatoms. The quantitative estimate of drug-likeness (QED) is 0.429. The minimum absolute atomic E-state index is 0.129. The summed E-state index contributed by atoms with van der Waals surface area (Å²) in [6, 6.07) is 16.3. The highest BCUT2D eigenvalue weighted by molar-refractivity contribution is 6.08. The lowest BCUT2D eigenvalue weighted by Gasteiger charge is -2.20. The van der Waals surface area contributed by atoms with Crippen molar-refractivity contribution in [1.29, 1.82) is 0 Å². The van der Waals surface area contributed by atoms with E-state index in [0.29, 0.717) is 35.2 Å². The summed E-state index contributed by atoms with van der Waals surface area (Å²) in [7, 11) is 0. The van der Waals surface area contributed by atoms with Crippen LogP contribution >= 0.6 is 0 Å². The highest BCUT2D eigenvalue weighted by Gasteiger charge is 2.25. The highest BCUT2D eigenvalue weighted by atomic mass is 16.5. The number of H-pyrrole nitrogens is 1. The maximum absolute atomic E-state index is 12.7. The molecule has 1 aliphatic rings. The smallest absolute Gasteiger partial charge is 0.264 e. The third kappa shape index (κ3) is 4.59. The Balaban J connectivity index is 1.47. The van der Waals surface area contributed by atoms with Gasteiger partial charge in [0, 0.05) is 11.8 Å². The molecule has 0 saturated heterocycles. The zero-order valence-corrected chi connectivity index (χ0v) is 16.7. The maximum atomic E-state index is 12.7. The number of hydrogen-bond acceptors (Lipinski definition) is 4. The minimum atomic E-state index is -0.576. The van der Waals surface area contributed by atoms with E-state index in [2.05, 4.69) is 10.3 Å². The van der Waals surface area contributed by atoms with Crippen molar-refractivity contribution in [1.82, 2.24) is 4.98 Å². The molecule has 0 bridgehead atoms. The summed E-state index contributed by atoms with van der Waals surface area (Å²) in [4.78, 5) is 15.5. The number of carbonyl (C=O) groups excluding carboxylic acids is 1. The summed E-state index contributed by atoms with van der Waals surface area (Å²) >= 11 is 0. The Bertz CT molecular complexity index is 1010. The van der Waals surface area contributed by atoms with Crippen LogP contribution < -0.4 is 10.1 Å². The Hall–Kier alpha value is -3.41. The summed E-state index contributed by atoms with van der Waals surface area (Å²) in [6.07, 6.45) is 6.47. The minimum Gasteiger partial charge on any atom is -0.505 e. The number of carbonyl (C=O) groups is 1. The Morgan fingerprint density at radius 3 is 2.50 bits per heavy atom. The van der Waals surface area contributed by atoms with E-state index in [-0.39, 0.29) is 17.2 Å². The largest absolute Gasteiger partial charge is 0.505 e. The number of rotatable bonds is 6. The van der Waals surface area contributed by atoms with Crippen LogP contribution in [0.3, 0.4) is 0 Å². The maximum Gasteiger partial charge on any atom is 0.264 e. The van der Waals surface area contributed by atoms with E-state index in [9.17, 15) is 15.0 Å². The van der Waals surface area contributed by atoms with Gasteiger partial charge < -0.3 is 25.3 Å². The number of aromatic amines is 1. The van der Waals surface area contributed by atoms with Crippen molar-refractivity contribution in [2.24, 2.45) is 5.92 Å². The van der Waals surface area contributed by atoms with Gasteiger partial charge in [-0.2, -0.15) is 0 Å². The molecular weight excluding hydrogens is 380 g/mol. The van der Waals surface area contributed by atoms with Gasteiger partial charge in [0.05, 0.1) is 5.69 Å². The van der Waals surface area contributed by atoms with Crippen LogP contribution in [0.4, 0.5) is 5.69 Å². The second-order valence-electron chi connectivity index (χ2n) is 7.78. The molecule has 3 aromatic rings. The van der Waals surface area contributed by atoms with Gasteiger partial charge in [0.2, 0.25) is 5.88 Å². The summed E-state index contributed by atoms with van der Waals surface area (Å²) in [5.41, 5.74) is 0.892. The van der Waals surface area contributed by atoms with Gasteiger partial charge in [0.15, 0.2) is 5.75 Å². The van der Waals surface area contributed by atoms with Crippen LogP contribution in [0.15, 0.2) is 54.6 Å². The van der Waals surface area contributed by atoms with Crippen molar-refractivity contribution in [2.75, 3.05) is 5.32 Å². The van der Waals surface area contributed by atoms with Gasteiger partial charge in [-0.15, -0.1) is 0 Å². The number of aromatic hydroxyl groups is 2. The molecule has 4 rings (SSSR count). The van der Waals surface area contributed by atoms with E-state index >= 15 is 0 Å². The van der Waals surface area contributed by atoms with Crippen LogP contribution in [0.2, 0.25) is 0 Å². The van der Waals surface area contributed by atoms with Crippen LogP contribution in [-0.4, -0.2) is 21.1 Å². The molecule has 1 aromatic heterocycles. The molecule has 2 aromatic carbocycles. The van der Waals surface area contributed by atoms with Crippen LogP contribution in [0.1, 0.15) is 48.2 Å². The molecule has 6 nitrogen and oxygen atoms in total. The predicted octanol–water partition coefficient (Wildman–Crippen LogP) is 5.59. The first-order valence-electron chi connectivity index (χ1n) is 10.4. The lowest BCUT2D eigenvalue weighted by atomic mass is 9.86. The lowest BCUT2D eigenvalue weighted by molar-refractivity contribution is 0.102. The summed E-state index contributed by atoms with van der Waals surface area (Å²) < 4.78 is 5.79. The third-order valence-corrected chi connectivity index (χ3v) is 5.54. The van der Waals surface area contributed by atoms with E-state index < -0.39 is 5.91 Å². The van der Waals surface area contributed by atoms with E-state index in [1.54, 1.807) is 24.3 Å². The van der Waals surface area contributed by atoms with Gasteiger partial charge in [-0.05, 0) is 36.6 Å². The normalized spacial score (nSPS) is 14.4. The first-order chi connectivity index (χ1) is 14.6. The van der Waals surface area contributed by atoms with Crippen molar-refractivity contribution in [3.63, 3.8) is 0 Å². The van der Waals surface area contributed by atoms with Crippen LogP contribution in [0, 0.1) is 5.92 Å². The van der Waals surface area contributed by atoms with Crippen molar-refractivity contribution >= 4 is 11.6 Å². The number of benzene rings is 2. The molecule has 1 aliphatic carbocycles. The topological polar surface area (TPSA) is 94.6 Å². The second kappa shape index (κ2) is 8.95. The Morgan fingerprint density at radius 2 is 1.73 bits per heavy atom. The van der Waals surface area contributed by atoms with Crippen molar-refractivity contribution in [3.05, 3.63) is 65.9 Å². The molecule has 1 heterocycles. The molecule has 156 valence electrons. The lowest BCUT2D eigenvalue weighted by Crippen LogP contribution is -2.12. The molecular formula is C24H26N2O4. The second-order valence-corrected chi connectivity index (χ2v) is 7.78. The number of ether oxygens (including phenoxy) is 1. The molecule has 4 N–H and O–H groups in total. The standard InChI is InChI=1S/C24H26N2O4/c27-22-20(14-16-8-3-1-4-9-16)26-24(29)21(22)23(28)25-17-10-7-13-19(15-17)30-18-11-5-2-6-12-18/h2,5-7,10-13,15-16,26-27,29H,1,3-4,8-9,14H2,(H,25,28). The molecule has 1 amide bonds. The van der Waals surface area contributed by atoms with Crippen molar-refractivity contribution in [3.8, 4) is 23.1 Å². The van der Waals surface area contributed by atoms with Crippen molar-refractivity contribution < 1.29 is 19.7 Å². The molecule has 30 heavy (non-hydrogen) atoms. The molecule has 0 aliphatic heterocycles. The fourth-order valence-corrected chi connectivity index (χ4v) is 4.03. The molecule has 1 fully saturated rings. The zero-order chi connectivity index (χ0) is 20.9. The van der Waals surface area contributed by atoms with E-state index in [1.807, 2.05) is 30.3 Å². The number of para-hydroxylation sites is 1. The molecule has 0 atom stereocenters. The van der Waals surface area contributed by atoms with Gasteiger partial charge in [-0.1, -0.05) is 56.4 Å². The number of nitrogens with one attached hydrogen (secondary N) is 2. The van der Waals surface area contributed by atoms with Gasteiger partial charge in [0.25, 0.3) is 5.91 Å². The van der Waals surface area contributed by atoms with E-state index in [1.165, 1.54) is 19.3 Å². The number of aromatic nitrogens is 1.